The first-order valence-electron chi connectivity index (χ1n) is 12.0. The molecule has 0 radical (unpaired) electrons. The number of esters is 1. The van der Waals surface area contributed by atoms with Gasteiger partial charge in [-0.3, -0.25) is 4.79 Å². The van der Waals surface area contributed by atoms with Gasteiger partial charge < -0.3 is 4.74 Å². The van der Waals surface area contributed by atoms with Crippen LogP contribution in [0.4, 0.5) is 0 Å². The van der Waals surface area contributed by atoms with Crippen LogP contribution in [0.3, 0.4) is 0 Å². The molecule has 0 amide bonds. The molecule has 0 heterocycles. The molecular weight excluding hydrogens is 392 g/mol. The lowest BCUT2D eigenvalue weighted by molar-refractivity contribution is -0.134. The summed E-state index contributed by atoms with van der Waals surface area (Å²) in [5.74, 6) is 0.457. The molecule has 1 aromatic rings. The molecule has 2 heteroatoms. The van der Waals surface area contributed by atoms with E-state index in [0.29, 0.717) is 12.2 Å². The zero-order chi connectivity index (χ0) is 23.5. The van der Waals surface area contributed by atoms with Crippen LogP contribution in [0.25, 0.3) is 0 Å². The highest BCUT2D eigenvalue weighted by Crippen LogP contribution is 2.24. The standard InChI is InChI=1S/C30H42O2/c1-5-6-7-8-9-10-11-12-13-14-15-16-17-18-19-20-21-22-29(31)32-28-25-23-27(24-26-28)30(2,3)4/h6-7,9-10,12-13,15-16,18-19,23-26H,5,8,11,14,17,20-22H2,1-4H3. The molecule has 0 unspecified atom stereocenters. The fraction of sp³-hybridized carbons (Fsp3) is 0.433. The number of hydrogen-bond acceptors (Lipinski definition) is 2. The summed E-state index contributed by atoms with van der Waals surface area (Å²) in [4.78, 5) is 12.0. The Morgan fingerprint density at radius 2 is 1.22 bits per heavy atom. The van der Waals surface area contributed by atoms with E-state index in [2.05, 4.69) is 88.5 Å². The van der Waals surface area contributed by atoms with Crippen molar-refractivity contribution >= 4 is 5.97 Å². The number of unbranched alkanes of at least 4 members (excludes halogenated alkanes) is 1. The summed E-state index contributed by atoms with van der Waals surface area (Å²) in [6.45, 7) is 8.66. The lowest BCUT2D eigenvalue weighted by Crippen LogP contribution is -2.11. The third kappa shape index (κ3) is 14.4. The Bertz CT molecular complexity index is 768. The molecular formula is C30H42O2. The maximum Gasteiger partial charge on any atom is 0.311 e. The Labute approximate surface area is 196 Å². The van der Waals surface area contributed by atoms with E-state index in [4.69, 9.17) is 4.74 Å². The fourth-order valence-electron chi connectivity index (χ4n) is 2.94. The van der Waals surface area contributed by atoms with Gasteiger partial charge in [-0.15, -0.1) is 0 Å². The third-order valence-electron chi connectivity index (χ3n) is 4.86. The van der Waals surface area contributed by atoms with Crippen molar-refractivity contribution in [3.05, 3.63) is 90.6 Å². The maximum absolute atomic E-state index is 12.0. The van der Waals surface area contributed by atoms with Crippen molar-refractivity contribution in [2.75, 3.05) is 0 Å². The predicted octanol–water partition coefficient (Wildman–Crippen LogP) is 8.81. The molecule has 0 spiro atoms. The molecule has 0 aliphatic rings. The van der Waals surface area contributed by atoms with Crippen LogP contribution in [0, 0.1) is 0 Å². The van der Waals surface area contributed by atoms with Crippen LogP contribution in [0.1, 0.15) is 84.6 Å². The summed E-state index contributed by atoms with van der Waals surface area (Å²) in [5.41, 5.74) is 1.33. The van der Waals surface area contributed by atoms with E-state index in [0.717, 1.165) is 44.9 Å². The van der Waals surface area contributed by atoms with Gasteiger partial charge in [0, 0.05) is 6.42 Å². The molecule has 0 atom stereocenters. The van der Waals surface area contributed by atoms with E-state index in [-0.39, 0.29) is 11.4 Å². The van der Waals surface area contributed by atoms with Crippen molar-refractivity contribution in [2.45, 2.75) is 84.5 Å². The Kier molecular flexibility index (Phi) is 14.6. The van der Waals surface area contributed by atoms with E-state index in [9.17, 15) is 4.79 Å². The quantitative estimate of drug-likeness (QED) is 0.126. The predicted molar refractivity (Wildman–Crippen MR) is 139 cm³/mol. The number of carbonyl (C=O) groups is 1. The maximum atomic E-state index is 12.0. The monoisotopic (exact) mass is 434 g/mol. The molecule has 0 saturated carbocycles. The molecule has 1 rings (SSSR count). The summed E-state index contributed by atoms with van der Waals surface area (Å²) in [5, 5.41) is 0. The number of hydrogen-bond donors (Lipinski definition) is 0. The van der Waals surface area contributed by atoms with Crippen molar-refractivity contribution in [3.63, 3.8) is 0 Å². The van der Waals surface area contributed by atoms with Gasteiger partial charge in [0.1, 0.15) is 5.75 Å². The molecule has 32 heavy (non-hydrogen) atoms. The normalized spacial score (nSPS) is 12.9. The SMILES string of the molecule is CCC=CCC=CCC=CCC=CCC=CCCCC(=O)Oc1ccc(C(C)(C)C)cc1. The van der Waals surface area contributed by atoms with Gasteiger partial charge in [-0.25, -0.2) is 0 Å². The average molecular weight is 435 g/mol. The van der Waals surface area contributed by atoms with Gasteiger partial charge in [-0.1, -0.05) is 101 Å². The van der Waals surface area contributed by atoms with Gasteiger partial charge >= 0.3 is 5.97 Å². The van der Waals surface area contributed by atoms with Crippen molar-refractivity contribution in [1.82, 2.24) is 0 Å². The van der Waals surface area contributed by atoms with Crippen LogP contribution in [-0.4, -0.2) is 5.97 Å². The van der Waals surface area contributed by atoms with Crippen molar-refractivity contribution in [2.24, 2.45) is 0 Å². The van der Waals surface area contributed by atoms with E-state index in [1.54, 1.807) is 0 Å². The van der Waals surface area contributed by atoms with E-state index < -0.39 is 0 Å². The number of benzene rings is 1. The number of ether oxygens (including phenoxy) is 1. The van der Waals surface area contributed by atoms with Crippen LogP contribution in [-0.2, 0) is 10.2 Å². The van der Waals surface area contributed by atoms with Gasteiger partial charge in [0.25, 0.3) is 0 Å². The fourth-order valence-corrected chi connectivity index (χ4v) is 2.94. The largest absolute Gasteiger partial charge is 0.427 e. The highest BCUT2D eigenvalue weighted by Gasteiger charge is 2.13. The summed E-state index contributed by atoms with van der Waals surface area (Å²) < 4.78 is 5.42. The molecule has 2 nitrogen and oxygen atoms in total. The zero-order valence-electron chi connectivity index (χ0n) is 20.6. The number of allylic oxidation sites excluding steroid dienone is 10. The van der Waals surface area contributed by atoms with Gasteiger partial charge in [-0.05, 0) is 68.1 Å². The van der Waals surface area contributed by atoms with Gasteiger partial charge in [0.15, 0.2) is 0 Å². The summed E-state index contributed by atoms with van der Waals surface area (Å²) in [6.07, 6.45) is 29.1. The van der Waals surface area contributed by atoms with Crippen LogP contribution < -0.4 is 4.74 Å². The van der Waals surface area contributed by atoms with Crippen molar-refractivity contribution in [1.29, 1.82) is 0 Å². The molecule has 0 bridgehead atoms. The Balaban J connectivity index is 2.08. The Morgan fingerprint density at radius 1 is 0.750 bits per heavy atom. The summed E-state index contributed by atoms with van der Waals surface area (Å²) in [7, 11) is 0. The van der Waals surface area contributed by atoms with Crippen molar-refractivity contribution in [3.8, 4) is 5.75 Å². The minimum absolute atomic E-state index is 0.101. The lowest BCUT2D eigenvalue weighted by Gasteiger charge is -2.18. The molecule has 174 valence electrons. The molecule has 1 aromatic carbocycles. The first kappa shape index (κ1) is 27.4. The molecule has 0 saturated heterocycles. The van der Waals surface area contributed by atoms with Gasteiger partial charge in [0.2, 0.25) is 0 Å². The summed E-state index contributed by atoms with van der Waals surface area (Å²) in [6, 6.07) is 7.81. The second kappa shape index (κ2) is 17.0. The van der Waals surface area contributed by atoms with Gasteiger partial charge in [0.05, 0.1) is 0 Å². The molecule has 0 N–H and O–H groups in total. The van der Waals surface area contributed by atoms with Crippen LogP contribution in [0.5, 0.6) is 5.75 Å². The molecule has 0 aliphatic carbocycles. The summed E-state index contributed by atoms with van der Waals surface area (Å²) >= 11 is 0. The minimum atomic E-state index is -0.166. The Morgan fingerprint density at radius 3 is 1.69 bits per heavy atom. The molecule has 0 fully saturated rings. The smallest absolute Gasteiger partial charge is 0.311 e. The van der Waals surface area contributed by atoms with Crippen LogP contribution in [0.15, 0.2) is 85.0 Å². The van der Waals surface area contributed by atoms with Crippen molar-refractivity contribution < 1.29 is 9.53 Å². The highest BCUT2D eigenvalue weighted by molar-refractivity contribution is 5.72. The number of rotatable bonds is 14. The zero-order valence-corrected chi connectivity index (χ0v) is 20.6. The highest BCUT2D eigenvalue weighted by atomic mass is 16.5. The second-order valence-electron chi connectivity index (χ2n) is 8.85. The van der Waals surface area contributed by atoms with Gasteiger partial charge in [-0.2, -0.15) is 0 Å². The third-order valence-corrected chi connectivity index (χ3v) is 4.86. The van der Waals surface area contributed by atoms with Crippen LogP contribution in [0.2, 0.25) is 0 Å². The molecule has 0 aliphatic heterocycles. The molecule has 0 aromatic heterocycles. The van der Waals surface area contributed by atoms with Crippen LogP contribution >= 0.6 is 0 Å². The average Bonchev–Trinajstić information content (AvgIpc) is 2.75. The lowest BCUT2D eigenvalue weighted by atomic mass is 9.87. The Hall–Kier alpha value is -2.61. The van der Waals surface area contributed by atoms with E-state index in [1.165, 1.54) is 5.56 Å². The first-order chi connectivity index (χ1) is 15.4. The minimum Gasteiger partial charge on any atom is -0.427 e. The van der Waals surface area contributed by atoms with E-state index in [1.807, 2.05) is 24.3 Å². The first-order valence-corrected chi connectivity index (χ1v) is 12.0. The second-order valence-corrected chi connectivity index (χ2v) is 8.85. The number of carbonyl (C=O) groups excluding carboxylic acids is 1. The topological polar surface area (TPSA) is 26.3 Å². The van der Waals surface area contributed by atoms with E-state index >= 15 is 0 Å².